The maximum Gasteiger partial charge on any atom is 0.157 e. The average molecular weight is 237 g/mol. The molecular weight excluding hydrogens is 214 g/mol. The molecule has 17 heavy (non-hydrogen) atoms. The number of ketones is 1. The van der Waals surface area contributed by atoms with Crippen LogP contribution in [0.25, 0.3) is 0 Å². The van der Waals surface area contributed by atoms with E-state index in [-0.39, 0.29) is 5.54 Å². The van der Waals surface area contributed by atoms with Crippen molar-refractivity contribution in [2.75, 3.05) is 26.3 Å². The first-order valence-electron chi connectivity index (χ1n) is 6.66. The van der Waals surface area contributed by atoms with Gasteiger partial charge in [0.05, 0.1) is 18.8 Å². The van der Waals surface area contributed by atoms with Gasteiger partial charge in [0.25, 0.3) is 0 Å². The molecular formula is C14H23NO2. The quantitative estimate of drug-likeness (QED) is 0.702. The summed E-state index contributed by atoms with van der Waals surface area (Å²) < 4.78 is 5.39. The molecule has 0 aromatic rings. The average Bonchev–Trinajstić information content (AvgIpc) is 2.79. The molecule has 1 aliphatic carbocycles. The van der Waals surface area contributed by atoms with Crippen LogP contribution in [-0.4, -0.2) is 42.5 Å². The van der Waals surface area contributed by atoms with Gasteiger partial charge in [0, 0.05) is 19.5 Å². The maximum absolute atomic E-state index is 12.5. The summed E-state index contributed by atoms with van der Waals surface area (Å²) in [7, 11) is 0. The lowest BCUT2D eigenvalue weighted by Gasteiger charge is -2.42. The van der Waals surface area contributed by atoms with Crippen molar-refractivity contribution >= 4 is 5.78 Å². The van der Waals surface area contributed by atoms with Crippen molar-refractivity contribution < 1.29 is 9.53 Å². The highest BCUT2D eigenvalue weighted by molar-refractivity contribution is 5.90. The molecule has 0 aromatic heterocycles. The third-order valence-electron chi connectivity index (χ3n) is 4.03. The van der Waals surface area contributed by atoms with Gasteiger partial charge in [-0.3, -0.25) is 9.69 Å². The SMILES string of the molecule is C=C(C)CC(=O)C1(N2CCOCC2)CCCC1. The summed E-state index contributed by atoms with van der Waals surface area (Å²) in [5.74, 6) is 0.379. The molecule has 96 valence electrons. The molecule has 1 heterocycles. The summed E-state index contributed by atoms with van der Waals surface area (Å²) in [5.41, 5.74) is 0.789. The molecule has 2 fully saturated rings. The van der Waals surface area contributed by atoms with Gasteiger partial charge in [-0.25, -0.2) is 0 Å². The smallest absolute Gasteiger partial charge is 0.157 e. The van der Waals surface area contributed by atoms with Crippen molar-refractivity contribution in [1.29, 1.82) is 0 Å². The van der Waals surface area contributed by atoms with E-state index in [4.69, 9.17) is 4.74 Å². The maximum atomic E-state index is 12.5. The molecule has 0 radical (unpaired) electrons. The van der Waals surface area contributed by atoms with Crippen LogP contribution < -0.4 is 0 Å². The van der Waals surface area contributed by atoms with E-state index in [0.717, 1.165) is 44.7 Å². The Hall–Kier alpha value is -0.670. The Morgan fingerprint density at radius 1 is 1.29 bits per heavy atom. The lowest BCUT2D eigenvalue weighted by Crippen LogP contribution is -2.56. The second kappa shape index (κ2) is 5.32. The second-order valence-electron chi connectivity index (χ2n) is 5.40. The van der Waals surface area contributed by atoms with E-state index in [1.165, 1.54) is 12.8 Å². The topological polar surface area (TPSA) is 29.5 Å². The van der Waals surface area contributed by atoms with Crippen LogP contribution in [0.4, 0.5) is 0 Å². The minimum atomic E-state index is -0.192. The molecule has 0 N–H and O–H groups in total. The van der Waals surface area contributed by atoms with Gasteiger partial charge in [-0.05, 0) is 19.8 Å². The zero-order valence-electron chi connectivity index (χ0n) is 10.8. The largest absolute Gasteiger partial charge is 0.379 e. The number of nitrogens with zero attached hydrogens (tertiary/aromatic N) is 1. The number of carbonyl (C=O) groups is 1. The number of morpholine rings is 1. The number of carbonyl (C=O) groups excluding carboxylic acids is 1. The third-order valence-corrected chi connectivity index (χ3v) is 4.03. The predicted octanol–water partition coefficient (Wildman–Crippen LogP) is 2.17. The van der Waals surface area contributed by atoms with Gasteiger partial charge in [-0.1, -0.05) is 25.0 Å². The molecule has 0 unspecified atom stereocenters. The zero-order valence-corrected chi connectivity index (χ0v) is 10.8. The number of ether oxygens (including phenoxy) is 1. The van der Waals surface area contributed by atoms with E-state index >= 15 is 0 Å². The number of rotatable bonds is 4. The fourth-order valence-corrected chi connectivity index (χ4v) is 3.16. The van der Waals surface area contributed by atoms with E-state index in [0.29, 0.717) is 12.2 Å². The highest BCUT2D eigenvalue weighted by atomic mass is 16.5. The Balaban J connectivity index is 2.13. The molecule has 0 bridgehead atoms. The fraction of sp³-hybridized carbons (Fsp3) is 0.786. The van der Waals surface area contributed by atoms with E-state index in [2.05, 4.69) is 11.5 Å². The molecule has 0 spiro atoms. The Bertz CT molecular complexity index is 299. The van der Waals surface area contributed by atoms with Gasteiger partial charge in [-0.15, -0.1) is 0 Å². The molecule has 2 aliphatic rings. The number of allylic oxidation sites excluding steroid dienone is 1. The highest BCUT2D eigenvalue weighted by Gasteiger charge is 2.45. The Labute approximate surface area is 104 Å². The van der Waals surface area contributed by atoms with Crippen LogP contribution in [0.15, 0.2) is 12.2 Å². The van der Waals surface area contributed by atoms with Crippen molar-refractivity contribution in [2.45, 2.75) is 44.6 Å². The van der Waals surface area contributed by atoms with Crippen molar-refractivity contribution in [3.05, 3.63) is 12.2 Å². The van der Waals surface area contributed by atoms with Crippen molar-refractivity contribution in [3.8, 4) is 0 Å². The summed E-state index contributed by atoms with van der Waals surface area (Å²) in [6.45, 7) is 9.16. The van der Waals surface area contributed by atoms with Crippen molar-refractivity contribution in [1.82, 2.24) is 4.90 Å². The first kappa shape index (κ1) is 12.8. The van der Waals surface area contributed by atoms with Crippen molar-refractivity contribution in [3.63, 3.8) is 0 Å². The lowest BCUT2D eigenvalue weighted by atomic mass is 9.86. The monoisotopic (exact) mass is 237 g/mol. The van der Waals surface area contributed by atoms with E-state index < -0.39 is 0 Å². The molecule has 0 atom stereocenters. The van der Waals surface area contributed by atoms with Gasteiger partial charge in [-0.2, -0.15) is 0 Å². The molecule has 0 aromatic carbocycles. The second-order valence-corrected chi connectivity index (χ2v) is 5.40. The lowest BCUT2D eigenvalue weighted by molar-refractivity contribution is -0.133. The summed E-state index contributed by atoms with van der Waals surface area (Å²) in [5, 5.41) is 0. The van der Waals surface area contributed by atoms with Gasteiger partial charge in [0.15, 0.2) is 5.78 Å². The Morgan fingerprint density at radius 2 is 1.88 bits per heavy atom. The van der Waals surface area contributed by atoms with E-state index in [1.807, 2.05) is 6.92 Å². The first-order chi connectivity index (χ1) is 8.15. The molecule has 1 saturated carbocycles. The zero-order chi connectivity index (χ0) is 12.3. The van der Waals surface area contributed by atoms with E-state index in [9.17, 15) is 4.79 Å². The van der Waals surface area contributed by atoms with Crippen LogP contribution in [0.5, 0.6) is 0 Å². The molecule has 0 amide bonds. The summed E-state index contributed by atoms with van der Waals surface area (Å²) in [6, 6.07) is 0. The summed E-state index contributed by atoms with van der Waals surface area (Å²) in [4.78, 5) is 14.9. The normalized spacial score (nSPS) is 24.8. The van der Waals surface area contributed by atoms with Gasteiger partial charge in [0.1, 0.15) is 0 Å². The minimum absolute atomic E-state index is 0.192. The first-order valence-corrected chi connectivity index (χ1v) is 6.66. The standard InChI is InChI=1S/C14H23NO2/c1-12(2)11-13(16)14(5-3-4-6-14)15-7-9-17-10-8-15/h1,3-11H2,2H3. The minimum Gasteiger partial charge on any atom is -0.379 e. The van der Waals surface area contributed by atoms with Crippen molar-refractivity contribution in [2.24, 2.45) is 0 Å². The number of hydrogen-bond donors (Lipinski definition) is 0. The van der Waals surface area contributed by atoms with Crippen LogP contribution >= 0.6 is 0 Å². The Kier molecular flexibility index (Phi) is 4.00. The van der Waals surface area contributed by atoms with Crippen LogP contribution in [-0.2, 0) is 9.53 Å². The summed E-state index contributed by atoms with van der Waals surface area (Å²) >= 11 is 0. The highest BCUT2D eigenvalue weighted by Crippen LogP contribution is 2.37. The molecule has 2 rings (SSSR count). The van der Waals surface area contributed by atoms with Gasteiger partial charge < -0.3 is 4.74 Å². The van der Waals surface area contributed by atoms with Crippen LogP contribution in [0.2, 0.25) is 0 Å². The number of Topliss-reactive ketones (excluding diaryl/α,β-unsaturated/α-hetero) is 1. The molecule has 3 heteroatoms. The van der Waals surface area contributed by atoms with E-state index in [1.54, 1.807) is 0 Å². The van der Waals surface area contributed by atoms with Crippen LogP contribution in [0, 0.1) is 0 Å². The fourth-order valence-electron chi connectivity index (χ4n) is 3.16. The molecule has 3 nitrogen and oxygen atoms in total. The van der Waals surface area contributed by atoms with Crippen LogP contribution in [0.3, 0.4) is 0 Å². The molecule has 1 saturated heterocycles. The predicted molar refractivity (Wildman–Crippen MR) is 68.0 cm³/mol. The van der Waals surface area contributed by atoms with Crippen LogP contribution in [0.1, 0.15) is 39.0 Å². The third kappa shape index (κ3) is 2.61. The van der Waals surface area contributed by atoms with Gasteiger partial charge in [0.2, 0.25) is 0 Å². The Morgan fingerprint density at radius 3 is 2.41 bits per heavy atom. The number of hydrogen-bond acceptors (Lipinski definition) is 3. The van der Waals surface area contributed by atoms with Gasteiger partial charge >= 0.3 is 0 Å². The summed E-state index contributed by atoms with van der Waals surface area (Å²) in [6.07, 6.45) is 4.95. The molecule has 1 aliphatic heterocycles.